The molecule has 1 amide bonds. The van der Waals surface area contributed by atoms with Crippen molar-refractivity contribution in [2.75, 3.05) is 11.1 Å². The number of benzene rings is 3. The van der Waals surface area contributed by atoms with E-state index in [9.17, 15) is 17.8 Å². The number of hydrogen-bond acceptors (Lipinski definition) is 4. The number of anilines is 1. The molecule has 144 valence electrons. The topological polar surface area (TPSA) is 64.6 Å². The van der Waals surface area contributed by atoms with Crippen LogP contribution in [0.5, 0.6) is 11.5 Å². The molecule has 1 N–H and O–H groups in total. The number of rotatable bonds is 5. The molecule has 8 heteroatoms. The van der Waals surface area contributed by atoms with Crippen molar-refractivity contribution >= 4 is 33.2 Å². The maximum Gasteiger partial charge on any atom is 0.586 e. The van der Waals surface area contributed by atoms with Crippen molar-refractivity contribution in [3.8, 4) is 11.5 Å². The van der Waals surface area contributed by atoms with Crippen molar-refractivity contribution in [1.29, 1.82) is 0 Å². The Bertz CT molecular complexity index is 1080. The van der Waals surface area contributed by atoms with Gasteiger partial charge in [-0.25, -0.2) is 0 Å². The van der Waals surface area contributed by atoms with Gasteiger partial charge in [-0.1, -0.05) is 42.5 Å². The van der Waals surface area contributed by atoms with Crippen LogP contribution in [0, 0.1) is 0 Å². The molecule has 0 saturated carbocycles. The fourth-order valence-electron chi connectivity index (χ4n) is 3.01. The van der Waals surface area contributed by atoms with Gasteiger partial charge in [-0.15, -0.1) is 8.78 Å². The van der Waals surface area contributed by atoms with Crippen LogP contribution in [0.4, 0.5) is 14.5 Å². The molecule has 1 aliphatic heterocycles. The van der Waals surface area contributed by atoms with Crippen LogP contribution in [-0.4, -0.2) is 22.2 Å². The molecule has 1 heterocycles. The number of carbonyl (C=O) groups is 1. The minimum absolute atomic E-state index is 0.109. The molecule has 3 aromatic carbocycles. The Labute approximate surface area is 161 Å². The monoisotopic (exact) mass is 403 g/mol. The van der Waals surface area contributed by atoms with Crippen LogP contribution in [0.3, 0.4) is 0 Å². The van der Waals surface area contributed by atoms with Crippen molar-refractivity contribution in [3.63, 3.8) is 0 Å². The van der Waals surface area contributed by atoms with E-state index in [-0.39, 0.29) is 28.7 Å². The van der Waals surface area contributed by atoms with Crippen molar-refractivity contribution in [3.05, 3.63) is 66.2 Å². The van der Waals surface area contributed by atoms with E-state index in [1.807, 2.05) is 42.5 Å². The summed E-state index contributed by atoms with van der Waals surface area (Å²) >= 11 is 0. The van der Waals surface area contributed by atoms with Gasteiger partial charge in [0.15, 0.2) is 11.5 Å². The van der Waals surface area contributed by atoms with E-state index in [0.717, 1.165) is 16.3 Å². The second-order valence-electron chi connectivity index (χ2n) is 6.24. The Kier molecular flexibility index (Phi) is 4.72. The molecular weight excluding hydrogens is 388 g/mol. The van der Waals surface area contributed by atoms with Crippen LogP contribution in [0.1, 0.15) is 5.56 Å². The van der Waals surface area contributed by atoms with E-state index >= 15 is 0 Å². The summed E-state index contributed by atoms with van der Waals surface area (Å²) in [6.07, 6.45) is -3.72. The summed E-state index contributed by atoms with van der Waals surface area (Å²) in [6, 6.07) is 17.4. The minimum Gasteiger partial charge on any atom is -0.395 e. The lowest BCUT2D eigenvalue weighted by Gasteiger charge is -2.08. The predicted octanol–water partition coefficient (Wildman–Crippen LogP) is 4.05. The third-order valence-electron chi connectivity index (χ3n) is 4.17. The van der Waals surface area contributed by atoms with Gasteiger partial charge < -0.3 is 14.8 Å². The van der Waals surface area contributed by atoms with Crippen molar-refractivity contribution in [2.24, 2.45) is 0 Å². The number of nitrogens with one attached hydrogen (secondary N) is 1. The summed E-state index contributed by atoms with van der Waals surface area (Å²) in [4.78, 5) is 12.2. The summed E-state index contributed by atoms with van der Waals surface area (Å²) < 4.78 is 47.2. The minimum atomic E-state index is -3.72. The fourth-order valence-corrected chi connectivity index (χ4v) is 4.08. The molecular formula is C20H15F2NO4S. The third kappa shape index (κ3) is 3.96. The molecule has 4 rings (SSSR count). The number of amides is 1. The zero-order chi connectivity index (χ0) is 19.7. The highest BCUT2D eigenvalue weighted by molar-refractivity contribution is 7.85. The van der Waals surface area contributed by atoms with Gasteiger partial charge in [-0.3, -0.25) is 9.00 Å². The molecule has 0 radical (unpaired) electrons. The molecule has 1 aliphatic rings. The Morgan fingerprint density at radius 3 is 2.61 bits per heavy atom. The standard InChI is InChI=1S/C20H15F2NO4S/c21-20(22)26-17-9-8-15(10-18(17)27-20)23-19(24)12-28(25)11-14-6-3-5-13-4-1-2-7-16(13)14/h1-10H,11-12H2,(H,23,24)/t28-/m1/s1. The molecule has 0 bridgehead atoms. The highest BCUT2D eigenvalue weighted by atomic mass is 32.2. The first kappa shape index (κ1) is 18.4. The van der Waals surface area contributed by atoms with E-state index in [4.69, 9.17) is 0 Å². The van der Waals surface area contributed by atoms with E-state index < -0.39 is 23.0 Å². The lowest BCUT2D eigenvalue weighted by molar-refractivity contribution is -0.286. The molecule has 1 atom stereocenters. The van der Waals surface area contributed by atoms with Crippen LogP contribution in [-0.2, 0) is 21.3 Å². The maximum atomic E-state index is 13.0. The van der Waals surface area contributed by atoms with Gasteiger partial charge in [-0.2, -0.15) is 0 Å². The average molecular weight is 403 g/mol. The van der Waals surface area contributed by atoms with Gasteiger partial charge >= 0.3 is 6.29 Å². The van der Waals surface area contributed by atoms with Crippen molar-refractivity contribution in [1.82, 2.24) is 0 Å². The number of ether oxygens (including phenoxy) is 2. The normalized spacial score (nSPS) is 15.4. The average Bonchev–Trinajstić information content (AvgIpc) is 2.95. The Morgan fingerprint density at radius 2 is 1.75 bits per heavy atom. The van der Waals surface area contributed by atoms with Gasteiger partial charge in [0, 0.05) is 28.3 Å². The summed E-state index contributed by atoms with van der Waals surface area (Å²) in [6.45, 7) is 0. The molecule has 3 aromatic rings. The number of alkyl halides is 2. The van der Waals surface area contributed by atoms with E-state index in [1.54, 1.807) is 0 Å². The lowest BCUT2D eigenvalue weighted by Crippen LogP contribution is -2.25. The van der Waals surface area contributed by atoms with Crippen LogP contribution in [0.25, 0.3) is 10.8 Å². The number of fused-ring (bicyclic) bond motifs is 2. The SMILES string of the molecule is O=C(C[S@](=O)Cc1cccc2ccccc12)Nc1ccc2c(c1)OC(F)(F)O2. The quantitative estimate of drug-likeness (QED) is 0.698. The summed E-state index contributed by atoms with van der Waals surface area (Å²) in [7, 11) is -1.43. The predicted molar refractivity (Wildman–Crippen MR) is 102 cm³/mol. The highest BCUT2D eigenvalue weighted by Crippen LogP contribution is 2.42. The molecule has 0 fully saturated rings. The first-order valence-corrected chi connectivity index (χ1v) is 9.90. The molecule has 0 aliphatic carbocycles. The summed E-state index contributed by atoms with van der Waals surface area (Å²) in [5.41, 5.74) is 1.15. The van der Waals surface area contributed by atoms with E-state index in [0.29, 0.717) is 0 Å². The fraction of sp³-hybridized carbons (Fsp3) is 0.150. The van der Waals surface area contributed by atoms with Gasteiger partial charge in [0.05, 0.1) is 0 Å². The largest absolute Gasteiger partial charge is 0.586 e. The first-order valence-electron chi connectivity index (χ1n) is 8.41. The van der Waals surface area contributed by atoms with Crippen LogP contribution < -0.4 is 14.8 Å². The van der Waals surface area contributed by atoms with E-state index in [1.165, 1.54) is 18.2 Å². The number of carbonyl (C=O) groups excluding carboxylic acids is 1. The Balaban J connectivity index is 1.40. The van der Waals surface area contributed by atoms with Crippen molar-refractivity contribution < 1.29 is 27.3 Å². The number of halogens is 2. The van der Waals surface area contributed by atoms with Crippen molar-refractivity contribution in [2.45, 2.75) is 12.0 Å². The number of hydrogen-bond donors (Lipinski definition) is 1. The second-order valence-corrected chi connectivity index (χ2v) is 7.70. The maximum absolute atomic E-state index is 13.0. The van der Waals surface area contributed by atoms with Crippen LogP contribution in [0.2, 0.25) is 0 Å². The van der Waals surface area contributed by atoms with Gasteiger partial charge in [0.2, 0.25) is 5.91 Å². The summed E-state index contributed by atoms with van der Waals surface area (Å²) in [5.74, 6) is -0.734. The molecule has 0 aromatic heterocycles. The Hall–Kier alpha value is -3.00. The molecule has 0 saturated heterocycles. The highest BCUT2D eigenvalue weighted by Gasteiger charge is 2.43. The zero-order valence-corrected chi connectivity index (χ0v) is 15.3. The van der Waals surface area contributed by atoms with Gasteiger partial charge in [0.1, 0.15) is 5.75 Å². The first-order chi connectivity index (χ1) is 13.4. The van der Waals surface area contributed by atoms with E-state index in [2.05, 4.69) is 14.8 Å². The van der Waals surface area contributed by atoms with Gasteiger partial charge in [0.25, 0.3) is 0 Å². The molecule has 5 nitrogen and oxygen atoms in total. The van der Waals surface area contributed by atoms with Gasteiger partial charge in [-0.05, 0) is 28.5 Å². The Morgan fingerprint density at radius 1 is 1.00 bits per heavy atom. The van der Waals surface area contributed by atoms with Crippen LogP contribution in [0.15, 0.2) is 60.7 Å². The third-order valence-corrected chi connectivity index (χ3v) is 5.39. The molecule has 28 heavy (non-hydrogen) atoms. The smallest absolute Gasteiger partial charge is 0.395 e. The second kappa shape index (κ2) is 7.20. The lowest BCUT2D eigenvalue weighted by atomic mass is 10.1. The molecule has 0 spiro atoms. The molecule has 0 unspecified atom stereocenters. The van der Waals surface area contributed by atoms with Crippen LogP contribution >= 0.6 is 0 Å². The summed E-state index contributed by atoms with van der Waals surface area (Å²) in [5, 5.41) is 4.58. The zero-order valence-electron chi connectivity index (χ0n) is 14.5.